The Bertz CT molecular complexity index is 1090. The second kappa shape index (κ2) is 5.33. The van der Waals surface area contributed by atoms with Crippen molar-refractivity contribution in [3.8, 4) is 22.8 Å². The summed E-state index contributed by atoms with van der Waals surface area (Å²) >= 11 is 0. The molecule has 4 rings (SSSR count). The van der Waals surface area contributed by atoms with Crippen LogP contribution in [0.5, 0.6) is 0 Å². The van der Waals surface area contributed by atoms with E-state index in [1.165, 1.54) is 18.4 Å². The third-order valence-corrected chi connectivity index (χ3v) is 4.45. The molecule has 4 aromatic rings. The summed E-state index contributed by atoms with van der Waals surface area (Å²) in [5, 5.41) is 0. The first-order chi connectivity index (χ1) is 11.5. The lowest BCUT2D eigenvalue weighted by Gasteiger charge is -2.06. The van der Waals surface area contributed by atoms with Gasteiger partial charge in [0.15, 0.2) is 5.58 Å². The smallest absolute Gasteiger partial charge is 0.294 e. The van der Waals surface area contributed by atoms with E-state index in [1.807, 2.05) is 12.1 Å². The number of furan rings is 1. The van der Waals surface area contributed by atoms with E-state index >= 15 is 0 Å². The first kappa shape index (κ1) is 14.7. The summed E-state index contributed by atoms with van der Waals surface area (Å²) in [5.74, 6) is 0.780. The van der Waals surface area contributed by atoms with Gasteiger partial charge in [0.1, 0.15) is 11.3 Å². The van der Waals surface area contributed by atoms with Crippen molar-refractivity contribution in [1.82, 2.24) is 4.98 Å². The Morgan fingerprint density at radius 2 is 1.79 bits per heavy atom. The van der Waals surface area contributed by atoms with Gasteiger partial charge in [-0.15, -0.1) is 0 Å². The Morgan fingerprint density at radius 1 is 0.958 bits per heavy atom. The van der Waals surface area contributed by atoms with Crippen molar-refractivity contribution in [3.63, 3.8) is 0 Å². The summed E-state index contributed by atoms with van der Waals surface area (Å²) in [4.78, 5) is 4.15. The van der Waals surface area contributed by atoms with Crippen molar-refractivity contribution < 1.29 is 21.8 Å². The van der Waals surface area contributed by atoms with Gasteiger partial charge in [-0.05, 0) is 42.5 Å². The maximum Gasteiger partial charge on any atom is 0.294 e. The number of hydrogen-bond donors (Lipinski definition) is 1. The summed E-state index contributed by atoms with van der Waals surface area (Å²) < 4.78 is 43.4. The fourth-order valence-corrected chi connectivity index (χ4v) is 3.00. The van der Waals surface area contributed by atoms with Crippen LogP contribution in [0.4, 0.5) is 0 Å². The second-order valence-corrected chi connectivity index (χ2v) is 6.57. The molecule has 0 aliphatic rings. The molecule has 0 saturated carbocycles. The van der Waals surface area contributed by atoms with Gasteiger partial charge in [0.05, 0.1) is 11.2 Å². The predicted molar refractivity (Wildman–Crippen MR) is 87.0 cm³/mol. The van der Waals surface area contributed by atoms with Crippen LogP contribution < -0.4 is 0 Å². The molecule has 2 aromatic heterocycles. The highest BCUT2D eigenvalue weighted by molar-refractivity contribution is 7.85. The fraction of sp³-hybridized carbons (Fsp3) is 0. The molecule has 120 valence electrons. The van der Waals surface area contributed by atoms with Crippen LogP contribution in [0.3, 0.4) is 0 Å². The maximum absolute atomic E-state index is 11.5. The van der Waals surface area contributed by atoms with E-state index in [-0.39, 0.29) is 10.8 Å². The van der Waals surface area contributed by atoms with Crippen molar-refractivity contribution >= 4 is 21.2 Å². The van der Waals surface area contributed by atoms with Gasteiger partial charge in [-0.3, -0.25) is 4.55 Å². The summed E-state index contributed by atoms with van der Waals surface area (Å²) in [5.41, 5.74) is 2.25. The number of nitrogens with zero attached hydrogens (tertiary/aromatic N) is 1. The van der Waals surface area contributed by atoms with Gasteiger partial charge in [-0.2, -0.15) is 8.42 Å². The third-order valence-electron chi connectivity index (χ3n) is 3.60. The van der Waals surface area contributed by atoms with Crippen LogP contribution in [-0.4, -0.2) is 18.0 Å². The average Bonchev–Trinajstić information content (AvgIpc) is 3.22. The van der Waals surface area contributed by atoms with Crippen LogP contribution in [0.2, 0.25) is 0 Å². The van der Waals surface area contributed by atoms with Crippen LogP contribution in [0, 0.1) is 0 Å². The van der Waals surface area contributed by atoms with Crippen molar-refractivity contribution in [1.29, 1.82) is 0 Å². The highest BCUT2D eigenvalue weighted by Crippen LogP contribution is 2.35. The molecular formula is C17H11NO5S. The number of para-hydroxylation sites is 2. The number of benzene rings is 2. The van der Waals surface area contributed by atoms with Gasteiger partial charge in [0.2, 0.25) is 5.89 Å². The first-order valence-corrected chi connectivity index (χ1v) is 8.48. The quantitative estimate of drug-likeness (QED) is 0.566. The van der Waals surface area contributed by atoms with Crippen molar-refractivity contribution in [2.45, 2.75) is 4.90 Å². The molecule has 0 bridgehead atoms. The minimum absolute atomic E-state index is 0.241. The topological polar surface area (TPSA) is 93.5 Å². The van der Waals surface area contributed by atoms with Gasteiger partial charge in [0.25, 0.3) is 10.1 Å². The second-order valence-electron chi connectivity index (χ2n) is 5.15. The molecule has 0 radical (unpaired) electrons. The minimum atomic E-state index is -4.35. The monoisotopic (exact) mass is 341 g/mol. The summed E-state index contributed by atoms with van der Waals surface area (Å²) in [6.07, 6.45) is 1.52. The molecule has 0 aliphatic carbocycles. The van der Waals surface area contributed by atoms with Crippen molar-refractivity contribution in [2.24, 2.45) is 0 Å². The van der Waals surface area contributed by atoms with E-state index in [4.69, 9.17) is 8.83 Å². The molecule has 1 N–H and O–H groups in total. The fourth-order valence-electron chi connectivity index (χ4n) is 2.49. The number of rotatable bonds is 3. The normalized spacial score (nSPS) is 11.9. The average molecular weight is 341 g/mol. The summed E-state index contributed by atoms with van der Waals surface area (Å²) in [6.45, 7) is 0. The molecule has 0 aliphatic heterocycles. The molecule has 2 aromatic carbocycles. The Hall–Kier alpha value is -2.90. The molecule has 2 heterocycles. The Labute approximate surface area is 137 Å². The van der Waals surface area contributed by atoms with E-state index in [0.29, 0.717) is 28.0 Å². The Kier molecular flexibility index (Phi) is 3.26. The molecule has 0 atom stereocenters. The SMILES string of the molecule is O=S(=O)(O)c1ccc(-c2ccco2)c(-c2nc3ccccc3o2)c1. The van der Waals surface area contributed by atoms with E-state index in [0.717, 1.165) is 0 Å². The van der Waals surface area contributed by atoms with Crippen LogP contribution in [0.1, 0.15) is 0 Å². The van der Waals surface area contributed by atoms with Crippen molar-refractivity contribution in [3.05, 3.63) is 60.9 Å². The first-order valence-electron chi connectivity index (χ1n) is 7.04. The zero-order valence-electron chi connectivity index (χ0n) is 12.2. The Balaban J connectivity index is 2.00. The third kappa shape index (κ3) is 2.49. The number of fused-ring (bicyclic) bond motifs is 1. The lowest BCUT2D eigenvalue weighted by Crippen LogP contribution is -1.99. The van der Waals surface area contributed by atoms with Gasteiger partial charge >= 0.3 is 0 Å². The molecule has 0 amide bonds. The van der Waals surface area contributed by atoms with Crippen LogP contribution in [0.25, 0.3) is 33.9 Å². The molecule has 0 fully saturated rings. The zero-order chi connectivity index (χ0) is 16.7. The van der Waals surface area contributed by atoms with E-state index in [9.17, 15) is 13.0 Å². The zero-order valence-corrected chi connectivity index (χ0v) is 13.0. The molecule has 24 heavy (non-hydrogen) atoms. The number of hydrogen-bond acceptors (Lipinski definition) is 5. The van der Waals surface area contributed by atoms with Crippen LogP contribution in [0.15, 0.2) is 74.6 Å². The lowest BCUT2D eigenvalue weighted by molar-refractivity contribution is 0.483. The van der Waals surface area contributed by atoms with Crippen molar-refractivity contribution in [2.75, 3.05) is 0 Å². The molecular weight excluding hydrogens is 330 g/mol. The van der Waals surface area contributed by atoms with Gasteiger partial charge in [0, 0.05) is 11.1 Å². The highest BCUT2D eigenvalue weighted by Gasteiger charge is 2.19. The van der Waals surface area contributed by atoms with Crippen LogP contribution >= 0.6 is 0 Å². The Morgan fingerprint density at radius 3 is 2.50 bits per heavy atom. The standard InChI is InChI=1S/C17H11NO5S/c19-24(20,21)11-7-8-12(15-6-3-9-22-15)13(10-11)17-18-14-4-1-2-5-16(14)23-17/h1-10H,(H,19,20,21). The number of aromatic nitrogens is 1. The molecule has 7 heteroatoms. The molecule has 6 nitrogen and oxygen atoms in total. The van der Waals surface area contributed by atoms with Gasteiger partial charge in [-0.1, -0.05) is 12.1 Å². The predicted octanol–water partition coefficient (Wildman–Crippen LogP) is 4.00. The highest BCUT2D eigenvalue weighted by atomic mass is 32.2. The van der Waals surface area contributed by atoms with E-state index in [1.54, 1.807) is 30.3 Å². The minimum Gasteiger partial charge on any atom is -0.464 e. The summed E-state index contributed by atoms with van der Waals surface area (Å²) in [6, 6.07) is 14.8. The van der Waals surface area contributed by atoms with Gasteiger partial charge < -0.3 is 8.83 Å². The summed E-state index contributed by atoms with van der Waals surface area (Å²) in [7, 11) is -4.35. The molecule has 0 saturated heterocycles. The molecule has 0 spiro atoms. The van der Waals surface area contributed by atoms with E-state index < -0.39 is 10.1 Å². The number of oxazole rings is 1. The largest absolute Gasteiger partial charge is 0.464 e. The van der Waals surface area contributed by atoms with E-state index in [2.05, 4.69) is 4.98 Å². The maximum atomic E-state index is 11.5. The molecule has 0 unspecified atom stereocenters. The van der Waals surface area contributed by atoms with Gasteiger partial charge in [-0.25, -0.2) is 4.98 Å². The lowest BCUT2D eigenvalue weighted by atomic mass is 10.1. The van der Waals surface area contributed by atoms with Crippen LogP contribution in [-0.2, 0) is 10.1 Å².